The molecule has 1 aromatic carbocycles. The van der Waals surface area contributed by atoms with Gasteiger partial charge in [-0.1, -0.05) is 35.7 Å². The van der Waals surface area contributed by atoms with E-state index in [2.05, 4.69) is 12.2 Å². The molecule has 1 atom stereocenters. The fourth-order valence-electron chi connectivity index (χ4n) is 3.23. The highest BCUT2D eigenvalue weighted by Crippen LogP contribution is 2.45. The second kappa shape index (κ2) is 9.28. The number of nitrogens with zero attached hydrogens (tertiary/aromatic N) is 1. The summed E-state index contributed by atoms with van der Waals surface area (Å²) in [6.07, 6.45) is 4.43. The summed E-state index contributed by atoms with van der Waals surface area (Å²) >= 11 is 3.91. The summed E-state index contributed by atoms with van der Waals surface area (Å²) in [5.74, 6) is -0.273. The van der Waals surface area contributed by atoms with Crippen LogP contribution < -0.4 is 10.7 Å². The number of nitrogens with two attached hydrogens (primary N) is 1. The molecule has 1 saturated carbocycles. The first-order valence-corrected chi connectivity index (χ1v) is 11.1. The number of amides is 1. The first-order chi connectivity index (χ1) is 13.8. The lowest BCUT2D eigenvalue weighted by Gasteiger charge is -2.34. The van der Waals surface area contributed by atoms with Crippen LogP contribution in [-0.2, 0) is 20.6 Å². The van der Waals surface area contributed by atoms with Gasteiger partial charge in [-0.3, -0.25) is 14.4 Å². The van der Waals surface area contributed by atoms with Gasteiger partial charge in [0.1, 0.15) is 5.70 Å². The Morgan fingerprint density at radius 3 is 2.69 bits per heavy atom. The van der Waals surface area contributed by atoms with Crippen LogP contribution in [0.2, 0.25) is 5.02 Å². The van der Waals surface area contributed by atoms with Crippen LogP contribution >= 0.6 is 11.6 Å². The average molecular weight is 440 g/mol. The highest BCUT2D eigenvalue weighted by atomic mass is 35.5. The van der Waals surface area contributed by atoms with E-state index >= 15 is 0 Å². The molecule has 158 valence electrons. The maximum Gasteiger partial charge on any atom is 0.293 e. The Balaban J connectivity index is 1.82. The van der Waals surface area contributed by atoms with Crippen molar-refractivity contribution >= 4 is 40.5 Å². The number of anilines is 1. The van der Waals surface area contributed by atoms with Crippen molar-refractivity contribution in [1.82, 2.24) is 4.90 Å². The minimum absolute atomic E-state index is 0.0771. The molecule has 7 nitrogen and oxygen atoms in total. The molecule has 2 aliphatic rings. The number of halogens is 1. The van der Waals surface area contributed by atoms with Crippen LogP contribution in [0.15, 0.2) is 35.7 Å². The van der Waals surface area contributed by atoms with Crippen molar-refractivity contribution in [3.63, 3.8) is 0 Å². The van der Waals surface area contributed by atoms with Crippen LogP contribution in [0.5, 0.6) is 0 Å². The van der Waals surface area contributed by atoms with Gasteiger partial charge >= 0.3 is 0 Å². The number of allylic oxidation sites excluding steroid dienone is 1. The molecule has 1 heterocycles. The van der Waals surface area contributed by atoms with Gasteiger partial charge in [0, 0.05) is 34.5 Å². The van der Waals surface area contributed by atoms with Crippen molar-refractivity contribution in [2.75, 3.05) is 25.0 Å². The zero-order chi connectivity index (χ0) is 21.0. The minimum atomic E-state index is -2.09. The Hall–Kier alpha value is -1.90. The van der Waals surface area contributed by atoms with Crippen LogP contribution in [0.4, 0.5) is 5.69 Å². The first-order valence-electron chi connectivity index (χ1n) is 9.63. The van der Waals surface area contributed by atoms with E-state index in [1.165, 1.54) is 6.21 Å². The Morgan fingerprint density at radius 1 is 1.45 bits per heavy atom. The molecule has 1 unspecified atom stereocenters. The number of hydrogen-bond acceptors (Lipinski definition) is 5. The van der Waals surface area contributed by atoms with Gasteiger partial charge in [-0.25, -0.2) is 0 Å². The largest absolute Gasteiger partial charge is 0.772 e. The molecule has 1 aromatic rings. The first kappa shape index (κ1) is 21.8. The van der Waals surface area contributed by atoms with Gasteiger partial charge in [0.25, 0.3) is 5.91 Å². The molecule has 0 bridgehead atoms. The summed E-state index contributed by atoms with van der Waals surface area (Å²) in [5, 5.41) is 8.83. The minimum Gasteiger partial charge on any atom is -0.772 e. The van der Waals surface area contributed by atoms with Crippen molar-refractivity contribution in [3.05, 3.63) is 40.7 Å². The third-order valence-electron chi connectivity index (χ3n) is 5.40. The van der Waals surface area contributed by atoms with Gasteiger partial charge in [-0.2, -0.15) is 0 Å². The maximum atomic E-state index is 13.0. The second-order valence-electron chi connectivity index (χ2n) is 7.89. The Bertz CT molecular complexity index is 833. The maximum absolute atomic E-state index is 13.0. The van der Waals surface area contributed by atoms with Crippen LogP contribution in [0.1, 0.15) is 32.6 Å². The summed E-state index contributed by atoms with van der Waals surface area (Å²) in [7, 11) is 0. The molecule has 3 rings (SSSR count). The summed E-state index contributed by atoms with van der Waals surface area (Å²) in [6, 6.07) is 6.86. The predicted molar refractivity (Wildman–Crippen MR) is 112 cm³/mol. The summed E-state index contributed by atoms with van der Waals surface area (Å²) in [5.41, 5.74) is 1.11. The third kappa shape index (κ3) is 5.81. The van der Waals surface area contributed by atoms with E-state index in [0.717, 1.165) is 12.8 Å². The zero-order valence-corrected chi connectivity index (χ0v) is 17.9. The molecule has 1 aliphatic heterocycles. The van der Waals surface area contributed by atoms with Gasteiger partial charge in [0.05, 0.1) is 6.61 Å². The third-order valence-corrected chi connectivity index (χ3v) is 6.65. The Kier molecular flexibility index (Phi) is 6.97. The molecular formula is C20H26ClN3O4S. The van der Waals surface area contributed by atoms with Crippen molar-refractivity contribution < 1.29 is 23.7 Å². The topological polar surface area (TPSA) is 107 Å². The van der Waals surface area contributed by atoms with Crippen molar-refractivity contribution in [2.45, 2.75) is 37.9 Å². The molecule has 0 radical (unpaired) electrons. The van der Waals surface area contributed by atoms with E-state index in [4.69, 9.17) is 21.7 Å². The molecule has 9 heteroatoms. The predicted octanol–water partition coefficient (Wildman–Crippen LogP) is 1.48. The summed E-state index contributed by atoms with van der Waals surface area (Å²) in [4.78, 5) is 14.9. The molecule has 0 spiro atoms. The Labute approximate surface area is 178 Å². The number of likely N-dealkylation sites (tertiary alicyclic amines) is 1. The molecule has 0 aromatic heterocycles. The quantitative estimate of drug-likeness (QED) is 0.276. The number of ether oxygens (including phenoxy) is 1. The Morgan fingerprint density at radius 2 is 2.14 bits per heavy atom. The highest BCUT2D eigenvalue weighted by Gasteiger charge is 2.39. The van der Waals surface area contributed by atoms with Crippen LogP contribution in [0.3, 0.4) is 0 Å². The molecule has 1 aliphatic carbocycles. The standard InChI is InChI=1S/C20H26ClN3O4S/c1-20(7-8-20)13-28-18(19(25)23-15-4-2-3-14(21)11-15)17(12-22)24-9-5-16(6-10-24)29(26)27/h2-4,11-12,16,22H,5-10,13H2,1H3,(H,23,25)(H,26,27). The van der Waals surface area contributed by atoms with E-state index in [1.807, 2.05) is 4.90 Å². The monoisotopic (exact) mass is 439 g/mol. The number of benzene rings is 1. The molecule has 1 saturated heterocycles. The van der Waals surface area contributed by atoms with E-state index in [-0.39, 0.29) is 16.4 Å². The van der Waals surface area contributed by atoms with Gasteiger partial charge in [-0.15, -0.1) is 0 Å². The van der Waals surface area contributed by atoms with Gasteiger partial charge in [0.15, 0.2) is 6.21 Å². The van der Waals surface area contributed by atoms with Crippen molar-refractivity contribution in [1.29, 1.82) is 0 Å². The normalized spacial score (nSPS) is 20.4. The number of carbonyl (C=O) groups is 1. The lowest BCUT2D eigenvalue weighted by molar-refractivity contribution is -0.117. The van der Waals surface area contributed by atoms with E-state index < -0.39 is 17.0 Å². The SMILES string of the molecule is CC1(COC(C(=O)Nc2cccc(Cl)c2)=C(C=[NH2+])N2CCC(S(=O)[O-])CC2)CC1. The van der Waals surface area contributed by atoms with E-state index in [0.29, 0.717) is 48.9 Å². The number of hydrogen-bond donors (Lipinski definition) is 2. The highest BCUT2D eigenvalue weighted by molar-refractivity contribution is 7.79. The van der Waals surface area contributed by atoms with Gasteiger partial charge in [-0.05, 0) is 43.9 Å². The lowest BCUT2D eigenvalue weighted by atomic mass is 10.1. The number of carbonyl (C=O) groups excluding carboxylic acids is 1. The number of piperidine rings is 1. The molecular weight excluding hydrogens is 414 g/mol. The molecule has 1 amide bonds. The fraction of sp³-hybridized carbons (Fsp3) is 0.500. The van der Waals surface area contributed by atoms with Crippen molar-refractivity contribution in [3.8, 4) is 0 Å². The summed E-state index contributed by atoms with van der Waals surface area (Å²) < 4.78 is 28.4. The van der Waals surface area contributed by atoms with Crippen LogP contribution in [0.25, 0.3) is 0 Å². The molecule has 29 heavy (non-hydrogen) atoms. The fourth-order valence-corrected chi connectivity index (χ4v) is 4.01. The van der Waals surface area contributed by atoms with E-state index in [9.17, 15) is 13.6 Å². The summed E-state index contributed by atoms with van der Waals surface area (Å²) in [6.45, 7) is 3.50. The lowest BCUT2D eigenvalue weighted by Crippen LogP contribution is -2.43. The number of nitrogens with one attached hydrogen (secondary N) is 1. The van der Waals surface area contributed by atoms with E-state index in [1.54, 1.807) is 24.3 Å². The van der Waals surface area contributed by atoms with Crippen molar-refractivity contribution in [2.24, 2.45) is 5.41 Å². The average Bonchev–Trinajstić information content (AvgIpc) is 3.42. The van der Waals surface area contributed by atoms with Crippen LogP contribution in [-0.4, -0.2) is 50.7 Å². The smallest absolute Gasteiger partial charge is 0.293 e. The molecule has 2 fully saturated rings. The number of rotatable bonds is 8. The molecule has 3 N–H and O–H groups in total. The van der Waals surface area contributed by atoms with Gasteiger partial charge < -0.3 is 19.5 Å². The van der Waals surface area contributed by atoms with Gasteiger partial charge in [0.2, 0.25) is 5.76 Å². The second-order valence-corrected chi connectivity index (χ2v) is 9.52. The van der Waals surface area contributed by atoms with Crippen LogP contribution in [0, 0.1) is 5.41 Å². The zero-order valence-electron chi connectivity index (χ0n) is 16.4.